The molecule has 1 amide bonds. The number of hydrogen-bond donors (Lipinski definition) is 2. The number of nitrogens with one attached hydrogen (secondary N) is 2. The zero-order chi connectivity index (χ0) is 17.7. The SMILES string of the molecule is CC(C)CSc1nnc(NC(=O)c2ccccc2NS(C)(=O)=O)s1. The van der Waals surface area contributed by atoms with Gasteiger partial charge >= 0.3 is 0 Å². The number of amides is 1. The number of benzene rings is 1. The van der Waals surface area contributed by atoms with Crippen LogP contribution in [-0.4, -0.2) is 36.5 Å². The van der Waals surface area contributed by atoms with E-state index in [-0.39, 0.29) is 11.3 Å². The molecule has 2 N–H and O–H groups in total. The van der Waals surface area contributed by atoms with Crippen LogP contribution in [0.3, 0.4) is 0 Å². The maximum Gasteiger partial charge on any atom is 0.259 e. The molecule has 130 valence electrons. The van der Waals surface area contributed by atoms with Gasteiger partial charge < -0.3 is 0 Å². The summed E-state index contributed by atoms with van der Waals surface area (Å²) in [5, 5.41) is 11.0. The Morgan fingerprint density at radius 1 is 1.29 bits per heavy atom. The molecule has 0 aliphatic heterocycles. The van der Waals surface area contributed by atoms with Crippen molar-refractivity contribution in [2.24, 2.45) is 5.92 Å². The van der Waals surface area contributed by atoms with Crippen LogP contribution in [0.25, 0.3) is 0 Å². The summed E-state index contributed by atoms with van der Waals surface area (Å²) >= 11 is 2.87. The Bertz CT molecular complexity index is 818. The summed E-state index contributed by atoms with van der Waals surface area (Å²) in [5.41, 5.74) is 0.436. The Balaban J connectivity index is 2.10. The second-order valence-corrected chi connectivity index (χ2v) is 9.45. The molecule has 1 heterocycles. The number of sulfonamides is 1. The fraction of sp³-hybridized carbons (Fsp3) is 0.357. The number of hydrogen-bond acceptors (Lipinski definition) is 7. The molecule has 0 atom stereocenters. The number of nitrogens with zero attached hydrogens (tertiary/aromatic N) is 2. The van der Waals surface area contributed by atoms with E-state index >= 15 is 0 Å². The van der Waals surface area contributed by atoms with Gasteiger partial charge in [0.1, 0.15) is 0 Å². The van der Waals surface area contributed by atoms with Crippen LogP contribution in [0.1, 0.15) is 24.2 Å². The second-order valence-electron chi connectivity index (χ2n) is 5.45. The minimum absolute atomic E-state index is 0.217. The molecular weight excluding hydrogens is 368 g/mol. The third kappa shape index (κ3) is 5.77. The summed E-state index contributed by atoms with van der Waals surface area (Å²) in [7, 11) is -3.48. The summed E-state index contributed by atoms with van der Waals surface area (Å²) in [6.07, 6.45) is 1.03. The molecule has 24 heavy (non-hydrogen) atoms. The van der Waals surface area contributed by atoms with Crippen molar-refractivity contribution in [2.75, 3.05) is 22.0 Å². The highest BCUT2D eigenvalue weighted by Crippen LogP contribution is 2.27. The van der Waals surface area contributed by atoms with E-state index in [0.29, 0.717) is 11.0 Å². The van der Waals surface area contributed by atoms with Crippen LogP contribution in [0.4, 0.5) is 10.8 Å². The zero-order valence-electron chi connectivity index (χ0n) is 13.4. The van der Waals surface area contributed by atoms with Gasteiger partial charge in [-0.15, -0.1) is 10.2 Å². The molecule has 0 unspecified atom stereocenters. The largest absolute Gasteiger partial charge is 0.296 e. The lowest BCUT2D eigenvalue weighted by molar-refractivity contribution is 0.102. The van der Waals surface area contributed by atoms with Crippen LogP contribution < -0.4 is 10.0 Å². The van der Waals surface area contributed by atoms with Gasteiger partial charge in [0, 0.05) is 5.75 Å². The summed E-state index contributed by atoms with van der Waals surface area (Å²) in [4.78, 5) is 12.4. The number of para-hydroxylation sites is 1. The average Bonchev–Trinajstić information content (AvgIpc) is 2.91. The first kappa shape index (κ1) is 18.7. The monoisotopic (exact) mass is 386 g/mol. The minimum Gasteiger partial charge on any atom is -0.296 e. The molecule has 0 aliphatic carbocycles. The van der Waals surface area contributed by atoms with Crippen LogP contribution in [0.2, 0.25) is 0 Å². The normalized spacial score (nSPS) is 11.5. The van der Waals surface area contributed by atoms with Crippen LogP contribution in [0, 0.1) is 5.92 Å². The Morgan fingerprint density at radius 2 is 2.00 bits per heavy atom. The molecule has 2 rings (SSSR count). The molecule has 0 fully saturated rings. The zero-order valence-corrected chi connectivity index (χ0v) is 15.9. The summed E-state index contributed by atoms with van der Waals surface area (Å²) < 4.78 is 25.9. The van der Waals surface area contributed by atoms with Crippen molar-refractivity contribution in [1.82, 2.24) is 10.2 Å². The predicted molar refractivity (Wildman–Crippen MR) is 98.3 cm³/mol. The molecule has 0 aliphatic rings. The highest BCUT2D eigenvalue weighted by atomic mass is 32.2. The van der Waals surface area contributed by atoms with E-state index in [4.69, 9.17) is 0 Å². The number of carbonyl (C=O) groups is 1. The predicted octanol–water partition coefficient (Wildman–Crippen LogP) is 2.91. The summed E-state index contributed by atoms with van der Waals surface area (Å²) in [6, 6.07) is 6.38. The third-order valence-electron chi connectivity index (χ3n) is 2.63. The Labute approximate surface area is 149 Å². The van der Waals surface area contributed by atoms with Gasteiger partial charge in [0.2, 0.25) is 15.2 Å². The van der Waals surface area contributed by atoms with Gasteiger partial charge in [-0.1, -0.05) is 49.1 Å². The molecule has 0 saturated heterocycles. The average molecular weight is 387 g/mol. The topological polar surface area (TPSA) is 101 Å². The third-order valence-corrected chi connectivity index (χ3v) is 5.62. The van der Waals surface area contributed by atoms with Crippen molar-refractivity contribution < 1.29 is 13.2 Å². The molecule has 0 radical (unpaired) electrons. The van der Waals surface area contributed by atoms with Crippen LogP contribution in [0.15, 0.2) is 28.6 Å². The molecular formula is C14H18N4O3S3. The smallest absolute Gasteiger partial charge is 0.259 e. The summed E-state index contributed by atoms with van der Waals surface area (Å²) in [5.74, 6) is 1.01. The molecule has 0 bridgehead atoms. The highest BCUT2D eigenvalue weighted by Gasteiger charge is 2.16. The Morgan fingerprint density at radius 3 is 2.67 bits per heavy atom. The quantitative estimate of drug-likeness (QED) is 0.560. The molecule has 1 aromatic heterocycles. The van der Waals surface area contributed by atoms with Crippen molar-refractivity contribution in [2.45, 2.75) is 18.2 Å². The van der Waals surface area contributed by atoms with E-state index in [0.717, 1.165) is 16.3 Å². The van der Waals surface area contributed by atoms with Gasteiger partial charge in [-0.2, -0.15) is 0 Å². The van der Waals surface area contributed by atoms with E-state index in [1.54, 1.807) is 23.9 Å². The van der Waals surface area contributed by atoms with E-state index in [1.807, 2.05) is 0 Å². The molecule has 0 spiro atoms. The Hall–Kier alpha value is -1.65. The van der Waals surface area contributed by atoms with Gasteiger partial charge in [0.05, 0.1) is 17.5 Å². The van der Waals surface area contributed by atoms with Crippen LogP contribution in [-0.2, 0) is 10.0 Å². The van der Waals surface area contributed by atoms with E-state index in [1.165, 1.54) is 23.5 Å². The van der Waals surface area contributed by atoms with Gasteiger partial charge in [-0.05, 0) is 18.1 Å². The van der Waals surface area contributed by atoms with Crippen LogP contribution in [0.5, 0.6) is 0 Å². The van der Waals surface area contributed by atoms with Crippen molar-refractivity contribution in [3.63, 3.8) is 0 Å². The van der Waals surface area contributed by atoms with Crippen molar-refractivity contribution in [3.8, 4) is 0 Å². The van der Waals surface area contributed by atoms with E-state index in [9.17, 15) is 13.2 Å². The molecule has 0 saturated carbocycles. The number of anilines is 2. The lowest BCUT2D eigenvalue weighted by atomic mass is 10.2. The number of aromatic nitrogens is 2. The fourth-order valence-electron chi connectivity index (χ4n) is 1.69. The minimum atomic E-state index is -3.48. The first-order chi connectivity index (χ1) is 11.2. The number of rotatable bonds is 7. The second kappa shape index (κ2) is 7.95. The Kier molecular flexibility index (Phi) is 6.19. The molecule has 2 aromatic rings. The lowest BCUT2D eigenvalue weighted by Crippen LogP contribution is -2.17. The maximum atomic E-state index is 12.4. The van der Waals surface area contributed by atoms with Crippen molar-refractivity contribution >= 4 is 49.8 Å². The molecule has 1 aromatic carbocycles. The molecule has 10 heteroatoms. The van der Waals surface area contributed by atoms with Crippen molar-refractivity contribution in [3.05, 3.63) is 29.8 Å². The van der Waals surface area contributed by atoms with Crippen LogP contribution >= 0.6 is 23.1 Å². The first-order valence-electron chi connectivity index (χ1n) is 7.09. The highest BCUT2D eigenvalue weighted by molar-refractivity contribution is 8.01. The van der Waals surface area contributed by atoms with Gasteiger partial charge in [0.25, 0.3) is 5.91 Å². The van der Waals surface area contributed by atoms with Gasteiger partial charge in [0.15, 0.2) is 4.34 Å². The summed E-state index contributed by atoms with van der Waals surface area (Å²) in [6.45, 7) is 4.23. The van der Waals surface area contributed by atoms with Gasteiger partial charge in [-0.25, -0.2) is 8.42 Å². The molecule has 7 nitrogen and oxygen atoms in total. The van der Waals surface area contributed by atoms with E-state index < -0.39 is 15.9 Å². The number of carbonyl (C=O) groups excluding carboxylic acids is 1. The standard InChI is InChI=1S/C14H18N4O3S3/c1-9(2)8-22-14-17-16-13(23-14)15-12(19)10-6-4-5-7-11(10)18-24(3,20)21/h4-7,9,18H,8H2,1-3H3,(H,15,16,19). The first-order valence-corrected chi connectivity index (χ1v) is 10.8. The van der Waals surface area contributed by atoms with Crippen molar-refractivity contribution in [1.29, 1.82) is 0 Å². The number of thioether (sulfide) groups is 1. The fourth-order valence-corrected chi connectivity index (χ4v) is 3.99. The lowest BCUT2D eigenvalue weighted by Gasteiger charge is -2.09. The van der Waals surface area contributed by atoms with Gasteiger partial charge in [-0.3, -0.25) is 14.8 Å². The maximum absolute atomic E-state index is 12.4. The van der Waals surface area contributed by atoms with E-state index in [2.05, 4.69) is 34.1 Å².